The van der Waals surface area contributed by atoms with E-state index in [9.17, 15) is 17.8 Å². The van der Waals surface area contributed by atoms with Crippen LogP contribution in [0.2, 0.25) is 0 Å². The lowest BCUT2D eigenvalue weighted by molar-refractivity contribution is -0.117. The van der Waals surface area contributed by atoms with E-state index in [4.69, 9.17) is 5.73 Å². The van der Waals surface area contributed by atoms with Gasteiger partial charge in [-0.1, -0.05) is 6.58 Å². The molecular formula is C7H12NO4S-. The van der Waals surface area contributed by atoms with Gasteiger partial charge in [0, 0.05) is 6.04 Å². The van der Waals surface area contributed by atoms with Gasteiger partial charge in [0.15, 0.2) is 5.78 Å². The number of hydrogen-bond donors (Lipinski definition) is 1. The van der Waals surface area contributed by atoms with Crippen LogP contribution in [0.15, 0.2) is 12.7 Å². The second-order valence-corrected chi connectivity index (χ2v) is 4.67. The van der Waals surface area contributed by atoms with Gasteiger partial charge in [-0.3, -0.25) is 4.79 Å². The number of rotatable bonds is 4. The minimum absolute atomic E-state index is 0.790. The van der Waals surface area contributed by atoms with Crippen molar-refractivity contribution >= 4 is 15.9 Å². The van der Waals surface area contributed by atoms with Crippen molar-refractivity contribution in [3.8, 4) is 0 Å². The van der Waals surface area contributed by atoms with Crippen LogP contribution >= 0.6 is 0 Å². The topological polar surface area (TPSA) is 100 Å². The molecule has 0 rings (SSSR count). The Balaban J connectivity index is 5.47. The highest BCUT2D eigenvalue weighted by Crippen LogP contribution is 2.20. The molecule has 13 heavy (non-hydrogen) atoms. The van der Waals surface area contributed by atoms with Gasteiger partial charge in [0.25, 0.3) is 0 Å². The average molecular weight is 206 g/mol. The summed E-state index contributed by atoms with van der Waals surface area (Å²) in [6, 6.07) is -1.07. The second-order valence-electron chi connectivity index (χ2n) is 2.92. The number of nitrogens with two attached hydrogens (primary N) is 1. The first-order chi connectivity index (χ1) is 5.67. The van der Waals surface area contributed by atoms with Crippen molar-refractivity contribution in [3.05, 3.63) is 12.7 Å². The Bertz CT molecular complexity index is 319. The van der Waals surface area contributed by atoms with Gasteiger partial charge in [-0.15, -0.1) is 0 Å². The highest BCUT2D eigenvalue weighted by atomic mass is 32.2. The SMILES string of the molecule is C=CC(=O)C(C)(C(C)N)S(=O)(=O)[O-]. The zero-order valence-electron chi connectivity index (χ0n) is 7.48. The molecule has 2 N–H and O–H groups in total. The average Bonchev–Trinajstić information content (AvgIpc) is 1.98. The van der Waals surface area contributed by atoms with Crippen LogP contribution in [0.3, 0.4) is 0 Å². The first-order valence-electron chi connectivity index (χ1n) is 3.55. The van der Waals surface area contributed by atoms with Gasteiger partial charge < -0.3 is 10.3 Å². The van der Waals surface area contributed by atoms with Crippen molar-refractivity contribution in [2.45, 2.75) is 24.6 Å². The largest absolute Gasteiger partial charge is 0.747 e. The molecule has 5 nitrogen and oxygen atoms in total. The van der Waals surface area contributed by atoms with E-state index in [-0.39, 0.29) is 0 Å². The van der Waals surface area contributed by atoms with Gasteiger partial charge in [-0.05, 0) is 19.9 Å². The molecule has 0 bridgehead atoms. The predicted molar refractivity (Wildman–Crippen MR) is 47.0 cm³/mol. The summed E-state index contributed by atoms with van der Waals surface area (Å²) in [5.74, 6) is -0.877. The van der Waals surface area contributed by atoms with Gasteiger partial charge in [0.2, 0.25) is 0 Å². The van der Waals surface area contributed by atoms with E-state index >= 15 is 0 Å². The van der Waals surface area contributed by atoms with Crippen molar-refractivity contribution in [3.63, 3.8) is 0 Å². The molecule has 0 aromatic rings. The van der Waals surface area contributed by atoms with E-state index in [2.05, 4.69) is 6.58 Å². The molecule has 0 fully saturated rings. The molecule has 2 atom stereocenters. The van der Waals surface area contributed by atoms with E-state index in [1.807, 2.05) is 0 Å². The highest BCUT2D eigenvalue weighted by Gasteiger charge is 2.42. The number of ketones is 1. The molecule has 0 saturated carbocycles. The van der Waals surface area contributed by atoms with Gasteiger partial charge in [-0.2, -0.15) is 0 Å². The fraction of sp³-hybridized carbons (Fsp3) is 0.571. The lowest BCUT2D eigenvalue weighted by Crippen LogP contribution is -2.55. The van der Waals surface area contributed by atoms with Crippen LogP contribution in [0.1, 0.15) is 13.8 Å². The molecule has 76 valence electrons. The molecule has 6 heteroatoms. The van der Waals surface area contributed by atoms with Crippen molar-refractivity contribution < 1.29 is 17.8 Å². The molecule has 0 saturated heterocycles. The molecule has 0 aliphatic carbocycles. The van der Waals surface area contributed by atoms with Crippen LogP contribution in [0.5, 0.6) is 0 Å². The summed E-state index contributed by atoms with van der Waals surface area (Å²) in [7, 11) is -4.77. The fourth-order valence-corrected chi connectivity index (χ4v) is 1.56. The van der Waals surface area contributed by atoms with Crippen LogP contribution in [0.25, 0.3) is 0 Å². The molecular weight excluding hydrogens is 194 g/mol. The summed E-state index contributed by atoms with van der Waals surface area (Å²) >= 11 is 0. The molecule has 0 aliphatic heterocycles. The number of hydrogen-bond acceptors (Lipinski definition) is 5. The maximum Gasteiger partial charge on any atom is 0.176 e. The van der Waals surface area contributed by atoms with E-state index in [0.29, 0.717) is 0 Å². The van der Waals surface area contributed by atoms with Crippen molar-refractivity contribution in [1.82, 2.24) is 0 Å². The molecule has 0 radical (unpaired) electrons. The van der Waals surface area contributed by atoms with Crippen molar-refractivity contribution in [1.29, 1.82) is 0 Å². The van der Waals surface area contributed by atoms with Crippen LogP contribution in [0, 0.1) is 0 Å². The minimum atomic E-state index is -4.77. The van der Waals surface area contributed by atoms with Crippen molar-refractivity contribution in [2.24, 2.45) is 5.73 Å². The van der Waals surface area contributed by atoms with E-state index in [1.165, 1.54) is 6.92 Å². The first kappa shape index (κ1) is 12.3. The molecule has 0 spiro atoms. The zero-order valence-corrected chi connectivity index (χ0v) is 8.30. The Labute approximate surface area is 77.4 Å². The highest BCUT2D eigenvalue weighted by molar-refractivity contribution is 7.88. The van der Waals surface area contributed by atoms with E-state index < -0.39 is 26.7 Å². The maximum atomic E-state index is 11.1. The normalized spacial score (nSPS) is 18.8. The summed E-state index contributed by atoms with van der Waals surface area (Å²) in [6.07, 6.45) is 0.790. The second kappa shape index (κ2) is 3.57. The quantitative estimate of drug-likeness (QED) is 0.488. The first-order valence-corrected chi connectivity index (χ1v) is 4.96. The van der Waals surface area contributed by atoms with Crippen LogP contribution in [-0.4, -0.2) is 29.5 Å². The molecule has 0 aromatic carbocycles. The zero-order chi connectivity index (χ0) is 10.9. The number of carbonyl (C=O) groups is 1. The summed E-state index contributed by atoms with van der Waals surface area (Å²) < 4.78 is 30.3. The van der Waals surface area contributed by atoms with Crippen LogP contribution in [0.4, 0.5) is 0 Å². The van der Waals surface area contributed by atoms with Crippen LogP contribution in [-0.2, 0) is 14.9 Å². The lowest BCUT2D eigenvalue weighted by Gasteiger charge is -2.33. The summed E-state index contributed by atoms with van der Waals surface area (Å²) in [6.45, 7) is 5.41. The fourth-order valence-electron chi connectivity index (χ4n) is 0.778. The Morgan fingerprint density at radius 2 is 2.08 bits per heavy atom. The Kier molecular flexibility index (Phi) is 3.37. The lowest BCUT2D eigenvalue weighted by atomic mass is 9.98. The minimum Gasteiger partial charge on any atom is -0.747 e. The Hall–Kier alpha value is -0.720. The molecule has 0 amide bonds. The molecule has 0 aromatic heterocycles. The summed E-state index contributed by atoms with van der Waals surface area (Å²) in [5, 5.41) is 0. The van der Waals surface area contributed by atoms with Gasteiger partial charge in [-0.25, -0.2) is 8.42 Å². The van der Waals surface area contributed by atoms with Crippen molar-refractivity contribution in [2.75, 3.05) is 0 Å². The third kappa shape index (κ3) is 1.96. The van der Waals surface area contributed by atoms with E-state index in [1.54, 1.807) is 0 Å². The summed E-state index contributed by atoms with van der Waals surface area (Å²) in [4.78, 5) is 11.1. The summed E-state index contributed by atoms with van der Waals surface area (Å²) in [5.41, 5.74) is 5.29. The van der Waals surface area contributed by atoms with Gasteiger partial charge in [0.05, 0.1) is 0 Å². The standard InChI is InChI=1S/C7H13NO4S/c1-4-6(9)7(3,5(2)8)13(10,11)12/h4-5H,1,8H2,2-3H3,(H,10,11,12)/p-1. The van der Waals surface area contributed by atoms with Gasteiger partial charge in [0.1, 0.15) is 14.9 Å². The number of allylic oxidation sites excluding steroid dienone is 1. The Morgan fingerprint density at radius 1 is 1.69 bits per heavy atom. The van der Waals surface area contributed by atoms with Crippen LogP contribution < -0.4 is 5.73 Å². The van der Waals surface area contributed by atoms with E-state index in [0.717, 1.165) is 13.0 Å². The number of carbonyl (C=O) groups excluding carboxylic acids is 1. The molecule has 2 unspecified atom stereocenters. The molecule has 0 heterocycles. The predicted octanol–water partition coefficient (Wildman–Crippen LogP) is -0.607. The smallest absolute Gasteiger partial charge is 0.176 e. The third-order valence-electron chi connectivity index (χ3n) is 2.06. The third-order valence-corrected chi connectivity index (χ3v) is 3.67. The van der Waals surface area contributed by atoms with Gasteiger partial charge >= 0.3 is 0 Å². The monoisotopic (exact) mass is 206 g/mol. The maximum absolute atomic E-state index is 11.1. The Morgan fingerprint density at radius 3 is 2.15 bits per heavy atom. The molecule has 0 aliphatic rings.